The van der Waals surface area contributed by atoms with Crippen LogP contribution in [0.25, 0.3) is 5.82 Å². The molecule has 0 radical (unpaired) electrons. The van der Waals surface area contributed by atoms with E-state index in [1.807, 2.05) is 32.9 Å². The molecule has 0 aliphatic carbocycles. The lowest BCUT2D eigenvalue weighted by molar-refractivity contribution is 0.775. The van der Waals surface area contributed by atoms with Crippen LogP contribution in [-0.4, -0.2) is 20.0 Å². The minimum atomic E-state index is 0.497. The summed E-state index contributed by atoms with van der Waals surface area (Å²) in [5.41, 5.74) is 9.61. The van der Waals surface area contributed by atoms with E-state index in [1.54, 1.807) is 4.68 Å². The molecule has 2 N–H and O–H groups in total. The van der Waals surface area contributed by atoms with Crippen LogP contribution in [0.15, 0.2) is 12.1 Å². The molecule has 0 atom stereocenters. The van der Waals surface area contributed by atoms with Crippen molar-refractivity contribution in [2.75, 3.05) is 0 Å². The van der Waals surface area contributed by atoms with Crippen molar-refractivity contribution in [3.05, 3.63) is 34.8 Å². The van der Waals surface area contributed by atoms with E-state index in [0.29, 0.717) is 6.54 Å². The molecule has 0 amide bonds. The fourth-order valence-corrected chi connectivity index (χ4v) is 1.70. The van der Waals surface area contributed by atoms with E-state index in [4.69, 9.17) is 5.73 Å². The zero-order valence-electron chi connectivity index (χ0n) is 9.73. The predicted molar refractivity (Wildman–Crippen MR) is 61.3 cm³/mol. The maximum Gasteiger partial charge on any atom is 0.175 e. The molecule has 2 aromatic rings. The highest BCUT2D eigenvalue weighted by atomic mass is 15.3. The maximum atomic E-state index is 5.68. The Morgan fingerprint density at radius 2 is 1.94 bits per heavy atom. The Kier molecular flexibility index (Phi) is 2.70. The van der Waals surface area contributed by atoms with Crippen LogP contribution in [0.4, 0.5) is 0 Å². The minimum Gasteiger partial charge on any atom is -0.326 e. The zero-order valence-corrected chi connectivity index (χ0v) is 9.73. The van der Waals surface area contributed by atoms with Crippen LogP contribution in [0.3, 0.4) is 0 Å². The van der Waals surface area contributed by atoms with Gasteiger partial charge in [-0.25, -0.2) is 4.68 Å². The summed E-state index contributed by atoms with van der Waals surface area (Å²) in [6, 6.07) is 3.82. The molecular weight excluding hydrogens is 202 g/mol. The van der Waals surface area contributed by atoms with Crippen LogP contribution in [0.5, 0.6) is 0 Å². The van der Waals surface area contributed by atoms with Gasteiger partial charge in [-0.2, -0.15) is 10.2 Å². The second kappa shape index (κ2) is 4.02. The van der Waals surface area contributed by atoms with E-state index in [0.717, 1.165) is 28.5 Å². The van der Waals surface area contributed by atoms with Crippen LogP contribution < -0.4 is 5.73 Å². The molecule has 5 heteroatoms. The first-order valence-corrected chi connectivity index (χ1v) is 5.19. The van der Waals surface area contributed by atoms with Crippen molar-refractivity contribution in [1.29, 1.82) is 0 Å². The average molecular weight is 217 g/mol. The van der Waals surface area contributed by atoms with Crippen LogP contribution in [0, 0.1) is 20.8 Å². The molecule has 84 valence electrons. The molecule has 0 aliphatic heterocycles. The lowest BCUT2D eigenvalue weighted by Gasteiger charge is -2.02. The number of nitrogens with zero attached hydrogens (tertiary/aromatic N) is 4. The predicted octanol–water partition coefficient (Wildman–Crippen LogP) is 1.05. The molecule has 5 nitrogen and oxygen atoms in total. The molecule has 0 spiro atoms. The molecule has 0 aromatic carbocycles. The van der Waals surface area contributed by atoms with Gasteiger partial charge in [-0.1, -0.05) is 0 Å². The lowest BCUT2D eigenvalue weighted by Crippen LogP contribution is -2.05. The summed E-state index contributed by atoms with van der Waals surface area (Å²) in [6.07, 6.45) is 0. The van der Waals surface area contributed by atoms with Crippen molar-refractivity contribution in [2.24, 2.45) is 5.73 Å². The molecule has 2 rings (SSSR count). The molecule has 0 saturated heterocycles. The smallest absolute Gasteiger partial charge is 0.175 e. The Balaban J connectivity index is 2.52. The molecule has 0 fully saturated rings. The monoisotopic (exact) mass is 217 g/mol. The van der Waals surface area contributed by atoms with Crippen molar-refractivity contribution in [3.8, 4) is 5.82 Å². The first-order chi connectivity index (χ1) is 7.63. The first kappa shape index (κ1) is 10.8. The maximum absolute atomic E-state index is 5.68. The number of aryl methyl sites for hydroxylation is 2. The summed E-state index contributed by atoms with van der Waals surface area (Å²) in [6.45, 7) is 6.34. The number of hydrogen-bond acceptors (Lipinski definition) is 4. The van der Waals surface area contributed by atoms with Crippen molar-refractivity contribution in [3.63, 3.8) is 0 Å². The van der Waals surface area contributed by atoms with E-state index in [-0.39, 0.29) is 0 Å². The van der Waals surface area contributed by atoms with Gasteiger partial charge in [0.05, 0.1) is 11.4 Å². The zero-order chi connectivity index (χ0) is 11.7. The van der Waals surface area contributed by atoms with Crippen molar-refractivity contribution in [1.82, 2.24) is 20.0 Å². The van der Waals surface area contributed by atoms with Crippen LogP contribution in [0.2, 0.25) is 0 Å². The summed E-state index contributed by atoms with van der Waals surface area (Å²) in [5, 5.41) is 12.5. The molecule has 16 heavy (non-hydrogen) atoms. The highest BCUT2D eigenvalue weighted by Crippen LogP contribution is 2.15. The van der Waals surface area contributed by atoms with Gasteiger partial charge in [0.25, 0.3) is 0 Å². The number of rotatable bonds is 2. The third kappa shape index (κ3) is 1.69. The normalized spacial score (nSPS) is 10.8. The Bertz CT molecular complexity index is 498. The van der Waals surface area contributed by atoms with Gasteiger partial charge < -0.3 is 5.73 Å². The highest BCUT2D eigenvalue weighted by Gasteiger charge is 2.11. The summed E-state index contributed by atoms with van der Waals surface area (Å²) >= 11 is 0. The van der Waals surface area contributed by atoms with Gasteiger partial charge in [0.1, 0.15) is 0 Å². The Morgan fingerprint density at radius 1 is 1.19 bits per heavy atom. The summed E-state index contributed by atoms with van der Waals surface area (Å²) in [5.74, 6) is 0.728. The third-order valence-corrected chi connectivity index (χ3v) is 2.65. The second-order valence-electron chi connectivity index (χ2n) is 3.80. The molecule has 0 saturated carbocycles. The molecular formula is C11H15N5. The molecule has 2 heterocycles. The second-order valence-corrected chi connectivity index (χ2v) is 3.80. The van der Waals surface area contributed by atoms with Crippen molar-refractivity contribution in [2.45, 2.75) is 27.3 Å². The summed E-state index contributed by atoms with van der Waals surface area (Å²) in [4.78, 5) is 0. The minimum absolute atomic E-state index is 0.497. The first-order valence-electron chi connectivity index (χ1n) is 5.19. The lowest BCUT2D eigenvalue weighted by atomic mass is 10.2. The Hall–Kier alpha value is -1.75. The average Bonchev–Trinajstić information content (AvgIpc) is 2.55. The van der Waals surface area contributed by atoms with Gasteiger partial charge in [0.15, 0.2) is 5.82 Å². The van der Waals surface area contributed by atoms with Crippen molar-refractivity contribution >= 4 is 0 Å². The van der Waals surface area contributed by atoms with E-state index >= 15 is 0 Å². The van der Waals surface area contributed by atoms with Gasteiger partial charge in [-0.05, 0) is 32.9 Å². The fourth-order valence-electron chi connectivity index (χ4n) is 1.70. The van der Waals surface area contributed by atoms with Gasteiger partial charge in [0, 0.05) is 17.8 Å². The van der Waals surface area contributed by atoms with E-state index in [9.17, 15) is 0 Å². The fraction of sp³-hybridized carbons (Fsp3) is 0.364. The largest absolute Gasteiger partial charge is 0.326 e. The molecule has 2 aromatic heterocycles. The SMILES string of the molecule is Cc1ccc(-n2nc(C)c(CN)c2C)nn1. The molecule has 0 unspecified atom stereocenters. The summed E-state index contributed by atoms with van der Waals surface area (Å²) < 4.78 is 1.78. The third-order valence-electron chi connectivity index (χ3n) is 2.65. The Labute approximate surface area is 94.3 Å². The van der Waals surface area contributed by atoms with E-state index < -0.39 is 0 Å². The van der Waals surface area contributed by atoms with Gasteiger partial charge in [-0.3, -0.25) is 0 Å². The van der Waals surface area contributed by atoms with Crippen LogP contribution >= 0.6 is 0 Å². The standard InChI is InChI=1S/C11H15N5/c1-7-4-5-11(14-13-7)16-9(3)10(6-12)8(2)15-16/h4-5H,6,12H2,1-3H3. The number of aromatic nitrogens is 4. The van der Waals surface area contributed by atoms with E-state index in [2.05, 4.69) is 15.3 Å². The number of hydrogen-bond donors (Lipinski definition) is 1. The van der Waals surface area contributed by atoms with E-state index in [1.165, 1.54) is 0 Å². The highest BCUT2D eigenvalue weighted by molar-refractivity contribution is 5.31. The number of nitrogens with two attached hydrogens (primary N) is 1. The van der Waals surface area contributed by atoms with Gasteiger partial charge >= 0.3 is 0 Å². The van der Waals surface area contributed by atoms with Crippen molar-refractivity contribution < 1.29 is 0 Å². The van der Waals surface area contributed by atoms with Crippen LogP contribution in [0.1, 0.15) is 22.6 Å². The summed E-state index contributed by atoms with van der Waals surface area (Å²) in [7, 11) is 0. The van der Waals surface area contributed by atoms with Gasteiger partial charge in [0.2, 0.25) is 0 Å². The molecule has 0 bridgehead atoms. The Morgan fingerprint density at radius 3 is 2.44 bits per heavy atom. The van der Waals surface area contributed by atoms with Crippen LogP contribution in [-0.2, 0) is 6.54 Å². The quantitative estimate of drug-likeness (QED) is 0.816. The molecule has 0 aliphatic rings. The van der Waals surface area contributed by atoms with Gasteiger partial charge in [-0.15, -0.1) is 5.10 Å². The topological polar surface area (TPSA) is 69.6 Å².